The normalized spacial score (nSPS) is 24.6. The van der Waals surface area contributed by atoms with E-state index < -0.39 is 0 Å². The number of aromatic nitrogens is 2. The molecule has 3 aromatic rings. The summed E-state index contributed by atoms with van der Waals surface area (Å²) < 4.78 is 0. The lowest BCUT2D eigenvalue weighted by molar-refractivity contribution is 0.0495. The SMILES string of the molecule is Cc1ccc(C(=O)NCCc2ccc(-c3cn[nH]c3)cc2)cc1C1(C)CCN(CC2CC2)[C@H](C)[C@@H]1C. The van der Waals surface area contributed by atoms with Crippen molar-refractivity contribution in [1.29, 1.82) is 0 Å². The van der Waals surface area contributed by atoms with Crippen LogP contribution in [0.2, 0.25) is 0 Å². The number of aromatic amines is 1. The Morgan fingerprint density at radius 2 is 1.92 bits per heavy atom. The van der Waals surface area contributed by atoms with Gasteiger partial charge in [0.2, 0.25) is 0 Å². The summed E-state index contributed by atoms with van der Waals surface area (Å²) in [6, 6.07) is 15.3. The van der Waals surface area contributed by atoms with Crippen LogP contribution in [0.3, 0.4) is 0 Å². The average Bonchev–Trinajstić information content (AvgIpc) is 3.53. The van der Waals surface area contributed by atoms with Crippen LogP contribution >= 0.6 is 0 Å². The molecule has 3 atom stereocenters. The van der Waals surface area contributed by atoms with Gasteiger partial charge in [-0.1, -0.05) is 44.2 Å². The molecule has 1 amide bonds. The number of piperidine rings is 1. The highest BCUT2D eigenvalue weighted by atomic mass is 16.1. The van der Waals surface area contributed by atoms with Gasteiger partial charge in [-0.15, -0.1) is 0 Å². The van der Waals surface area contributed by atoms with Crippen molar-refractivity contribution in [3.8, 4) is 11.1 Å². The average molecular weight is 485 g/mol. The number of likely N-dealkylation sites (tertiary alicyclic amines) is 1. The molecule has 1 aliphatic carbocycles. The van der Waals surface area contributed by atoms with E-state index in [1.807, 2.05) is 18.5 Å². The van der Waals surface area contributed by atoms with Gasteiger partial charge in [0.05, 0.1) is 6.20 Å². The summed E-state index contributed by atoms with van der Waals surface area (Å²) in [6.45, 7) is 12.5. The standard InChI is InChI=1S/C31H40N4O/c1-21-5-10-27(17-29(21)31(4)14-16-35(20-25-6-7-25)23(3)22(31)2)30(36)32-15-13-24-8-11-26(12-9-24)28-18-33-34-19-28/h5,8-12,17-19,22-23,25H,6-7,13-16,20H2,1-4H3,(H,32,36)(H,33,34)/t22-,23+,31?/m0/s1. The lowest BCUT2D eigenvalue weighted by atomic mass is 9.64. The molecule has 1 unspecified atom stereocenters. The van der Waals surface area contributed by atoms with Gasteiger partial charge < -0.3 is 10.2 Å². The molecule has 1 aliphatic heterocycles. The van der Waals surface area contributed by atoms with Crippen molar-refractivity contribution in [3.63, 3.8) is 0 Å². The van der Waals surface area contributed by atoms with Crippen LogP contribution in [0.15, 0.2) is 54.9 Å². The number of aryl methyl sites for hydroxylation is 1. The molecule has 5 heteroatoms. The number of rotatable bonds is 8. The quantitative estimate of drug-likeness (QED) is 0.428. The monoisotopic (exact) mass is 484 g/mol. The van der Waals surface area contributed by atoms with Crippen molar-refractivity contribution in [1.82, 2.24) is 20.4 Å². The van der Waals surface area contributed by atoms with Crippen LogP contribution in [0, 0.1) is 18.8 Å². The molecule has 36 heavy (non-hydrogen) atoms. The zero-order chi connectivity index (χ0) is 25.3. The maximum Gasteiger partial charge on any atom is 0.251 e. The predicted molar refractivity (Wildman–Crippen MR) is 146 cm³/mol. The maximum absolute atomic E-state index is 13.1. The van der Waals surface area contributed by atoms with Crippen molar-refractivity contribution in [2.45, 2.75) is 64.8 Å². The lowest BCUT2D eigenvalue weighted by Crippen LogP contribution is -2.53. The van der Waals surface area contributed by atoms with Crippen molar-refractivity contribution >= 4 is 5.91 Å². The Morgan fingerprint density at radius 3 is 2.61 bits per heavy atom. The zero-order valence-electron chi connectivity index (χ0n) is 22.2. The Kier molecular flexibility index (Phi) is 7.03. The van der Waals surface area contributed by atoms with E-state index in [2.05, 4.69) is 84.5 Å². The van der Waals surface area contributed by atoms with Gasteiger partial charge in [-0.2, -0.15) is 5.10 Å². The van der Waals surface area contributed by atoms with Crippen molar-refractivity contribution in [2.75, 3.05) is 19.6 Å². The summed E-state index contributed by atoms with van der Waals surface area (Å²) >= 11 is 0. The second-order valence-electron chi connectivity index (χ2n) is 11.4. The molecule has 0 spiro atoms. The van der Waals surface area contributed by atoms with Crippen LogP contribution in [-0.4, -0.2) is 46.7 Å². The van der Waals surface area contributed by atoms with E-state index in [1.54, 1.807) is 0 Å². The van der Waals surface area contributed by atoms with E-state index in [4.69, 9.17) is 0 Å². The van der Waals surface area contributed by atoms with Gasteiger partial charge in [-0.3, -0.25) is 9.89 Å². The molecule has 1 aromatic heterocycles. The molecule has 5 nitrogen and oxygen atoms in total. The number of nitrogens with one attached hydrogen (secondary N) is 2. The topological polar surface area (TPSA) is 61.0 Å². The summed E-state index contributed by atoms with van der Waals surface area (Å²) in [5.41, 5.74) is 6.91. The second kappa shape index (κ2) is 10.2. The number of hydrogen-bond donors (Lipinski definition) is 2. The van der Waals surface area contributed by atoms with Crippen LogP contribution in [0.1, 0.15) is 67.1 Å². The zero-order valence-corrected chi connectivity index (χ0v) is 22.2. The molecule has 2 aromatic carbocycles. The van der Waals surface area contributed by atoms with Crippen LogP contribution in [0.4, 0.5) is 0 Å². The highest BCUT2D eigenvalue weighted by Gasteiger charge is 2.44. The van der Waals surface area contributed by atoms with Gasteiger partial charge in [0, 0.05) is 36.5 Å². The maximum atomic E-state index is 13.1. The number of H-pyrrole nitrogens is 1. The molecule has 190 valence electrons. The van der Waals surface area contributed by atoms with Crippen molar-refractivity contribution < 1.29 is 4.79 Å². The van der Waals surface area contributed by atoms with Gasteiger partial charge in [0.1, 0.15) is 0 Å². The Morgan fingerprint density at radius 1 is 1.14 bits per heavy atom. The van der Waals surface area contributed by atoms with Crippen LogP contribution in [-0.2, 0) is 11.8 Å². The molecule has 2 heterocycles. The summed E-state index contributed by atoms with van der Waals surface area (Å²) in [5, 5.41) is 10.0. The molecule has 1 saturated carbocycles. The largest absolute Gasteiger partial charge is 0.352 e. The van der Waals surface area contributed by atoms with Gasteiger partial charge in [-0.25, -0.2) is 0 Å². The Bertz CT molecular complexity index is 1180. The number of carbonyl (C=O) groups excluding carboxylic acids is 1. The fourth-order valence-electron chi connectivity index (χ4n) is 6.00. The first-order chi connectivity index (χ1) is 17.3. The fourth-order valence-corrected chi connectivity index (χ4v) is 6.00. The third kappa shape index (κ3) is 5.12. The highest BCUT2D eigenvalue weighted by molar-refractivity contribution is 5.94. The van der Waals surface area contributed by atoms with Crippen molar-refractivity contribution in [2.24, 2.45) is 11.8 Å². The van der Waals surface area contributed by atoms with Gasteiger partial charge in [0.25, 0.3) is 5.91 Å². The van der Waals surface area contributed by atoms with E-state index in [1.165, 1.54) is 36.1 Å². The number of carbonyl (C=O) groups is 1. The molecule has 0 radical (unpaired) electrons. The number of hydrogen-bond acceptors (Lipinski definition) is 3. The predicted octanol–water partition coefficient (Wildman–Crippen LogP) is 5.76. The van der Waals surface area contributed by atoms with Gasteiger partial charge in [0.15, 0.2) is 0 Å². The Hall–Kier alpha value is -2.92. The molecule has 1 saturated heterocycles. The molecule has 2 N–H and O–H groups in total. The number of nitrogens with zero attached hydrogens (tertiary/aromatic N) is 2. The van der Waals surface area contributed by atoms with Gasteiger partial charge >= 0.3 is 0 Å². The molecule has 0 bridgehead atoms. The summed E-state index contributed by atoms with van der Waals surface area (Å²) in [4.78, 5) is 15.8. The number of benzene rings is 2. The van der Waals surface area contributed by atoms with E-state index in [0.29, 0.717) is 18.5 Å². The summed E-state index contributed by atoms with van der Waals surface area (Å²) in [6.07, 6.45) is 8.48. The number of amides is 1. The van der Waals surface area contributed by atoms with E-state index in [9.17, 15) is 4.79 Å². The lowest BCUT2D eigenvalue weighted by Gasteiger charge is -2.50. The summed E-state index contributed by atoms with van der Waals surface area (Å²) in [5.74, 6) is 1.47. The molecule has 5 rings (SSSR count). The molecular formula is C31H40N4O. The third-order valence-corrected chi connectivity index (χ3v) is 9.01. The second-order valence-corrected chi connectivity index (χ2v) is 11.4. The van der Waals surface area contributed by atoms with E-state index >= 15 is 0 Å². The summed E-state index contributed by atoms with van der Waals surface area (Å²) in [7, 11) is 0. The first kappa shape index (κ1) is 24.8. The Balaban J connectivity index is 1.22. The van der Waals surface area contributed by atoms with Gasteiger partial charge in [-0.05, 0) is 97.7 Å². The van der Waals surface area contributed by atoms with Crippen LogP contribution in [0.25, 0.3) is 11.1 Å². The first-order valence-corrected chi connectivity index (χ1v) is 13.6. The minimum atomic E-state index is 0.0155. The van der Waals surface area contributed by atoms with E-state index in [0.717, 1.165) is 42.0 Å². The van der Waals surface area contributed by atoms with Crippen LogP contribution < -0.4 is 5.32 Å². The fraction of sp³-hybridized carbons (Fsp3) is 0.484. The van der Waals surface area contributed by atoms with Crippen molar-refractivity contribution in [3.05, 3.63) is 77.1 Å². The van der Waals surface area contributed by atoms with E-state index in [-0.39, 0.29) is 11.3 Å². The highest BCUT2D eigenvalue weighted by Crippen LogP contribution is 2.45. The van der Waals surface area contributed by atoms with Crippen LogP contribution in [0.5, 0.6) is 0 Å². The smallest absolute Gasteiger partial charge is 0.251 e. The minimum absolute atomic E-state index is 0.0155. The third-order valence-electron chi connectivity index (χ3n) is 9.01. The first-order valence-electron chi connectivity index (χ1n) is 13.6. The molecular weight excluding hydrogens is 444 g/mol. The molecule has 2 fully saturated rings. The molecule has 2 aliphatic rings. The minimum Gasteiger partial charge on any atom is -0.352 e. The Labute approximate surface area is 215 Å².